The third-order valence-electron chi connectivity index (χ3n) is 4.73. The molecule has 0 bridgehead atoms. The number of carbonyl (C=O) groups excluding carboxylic acids is 2. The first kappa shape index (κ1) is 15.8. The average molecular weight is 296 g/mol. The first-order chi connectivity index (χ1) is 9.90. The molecule has 1 saturated heterocycles. The molecule has 0 aromatic carbocycles. The molecule has 1 heterocycles. The number of hydrogen-bond acceptors (Lipinski definition) is 3. The Morgan fingerprint density at radius 1 is 0.952 bits per heavy atom. The van der Waals surface area contributed by atoms with E-state index in [4.69, 9.17) is 5.11 Å². The Balaban J connectivity index is 1.84. The van der Waals surface area contributed by atoms with E-state index in [-0.39, 0.29) is 29.6 Å². The van der Waals surface area contributed by atoms with Crippen molar-refractivity contribution in [2.75, 3.05) is 27.2 Å². The molecule has 6 nitrogen and oxygen atoms in total. The minimum Gasteiger partial charge on any atom is -0.481 e. The van der Waals surface area contributed by atoms with Gasteiger partial charge in [0.2, 0.25) is 11.8 Å². The van der Waals surface area contributed by atoms with Gasteiger partial charge in [-0.05, 0) is 32.1 Å². The number of carbonyl (C=O) groups is 3. The Morgan fingerprint density at radius 3 is 2.00 bits per heavy atom. The van der Waals surface area contributed by atoms with Gasteiger partial charge in [-0.15, -0.1) is 0 Å². The molecule has 6 heteroatoms. The Morgan fingerprint density at radius 2 is 1.52 bits per heavy atom. The summed E-state index contributed by atoms with van der Waals surface area (Å²) in [5.41, 5.74) is 0. The van der Waals surface area contributed by atoms with Crippen LogP contribution in [0, 0.1) is 17.8 Å². The third-order valence-corrected chi connectivity index (χ3v) is 4.73. The van der Waals surface area contributed by atoms with E-state index in [1.54, 1.807) is 19.0 Å². The zero-order chi connectivity index (χ0) is 15.6. The smallest absolute Gasteiger partial charge is 0.306 e. The van der Waals surface area contributed by atoms with Crippen molar-refractivity contribution in [3.05, 3.63) is 0 Å². The number of piperidine rings is 1. The maximum Gasteiger partial charge on any atom is 0.306 e. The molecular weight excluding hydrogens is 272 g/mol. The first-order valence-electron chi connectivity index (χ1n) is 7.63. The lowest BCUT2D eigenvalue weighted by atomic mass is 9.94. The molecule has 1 aliphatic carbocycles. The van der Waals surface area contributed by atoms with Crippen LogP contribution in [-0.2, 0) is 14.4 Å². The van der Waals surface area contributed by atoms with E-state index >= 15 is 0 Å². The van der Waals surface area contributed by atoms with Gasteiger partial charge >= 0.3 is 5.97 Å². The van der Waals surface area contributed by atoms with Gasteiger partial charge in [0.25, 0.3) is 0 Å². The highest BCUT2D eigenvalue weighted by Gasteiger charge is 2.37. The molecule has 2 amide bonds. The van der Waals surface area contributed by atoms with Crippen molar-refractivity contribution in [1.82, 2.24) is 9.80 Å². The molecule has 1 N–H and O–H groups in total. The van der Waals surface area contributed by atoms with Crippen molar-refractivity contribution in [3.8, 4) is 0 Å². The maximum atomic E-state index is 12.4. The monoisotopic (exact) mass is 296 g/mol. The average Bonchev–Trinajstić information content (AvgIpc) is 2.96. The normalized spacial score (nSPS) is 26.7. The van der Waals surface area contributed by atoms with E-state index in [9.17, 15) is 14.4 Å². The SMILES string of the molecule is CN(C)C(=O)C1CCN(C(=O)C2CCC(C(=O)O)C2)CC1. The molecule has 0 aromatic heterocycles. The quantitative estimate of drug-likeness (QED) is 0.836. The number of carboxylic acids is 1. The molecule has 1 aliphatic heterocycles. The topological polar surface area (TPSA) is 77.9 Å². The summed E-state index contributed by atoms with van der Waals surface area (Å²) in [6, 6.07) is 0. The lowest BCUT2D eigenvalue weighted by Crippen LogP contribution is -2.44. The van der Waals surface area contributed by atoms with Crippen LogP contribution in [-0.4, -0.2) is 59.9 Å². The molecule has 2 rings (SSSR count). The standard InChI is InChI=1S/C15H24N2O4/c1-16(2)13(18)10-5-7-17(8-6-10)14(19)11-3-4-12(9-11)15(20)21/h10-12H,3-9H2,1-2H3,(H,20,21). The predicted molar refractivity (Wildman–Crippen MR) is 76.5 cm³/mol. The van der Waals surface area contributed by atoms with Crippen molar-refractivity contribution in [3.63, 3.8) is 0 Å². The van der Waals surface area contributed by atoms with E-state index in [2.05, 4.69) is 0 Å². The summed E-state index contributed by atoms with van der Waals surface area (Å²) < 4.78 is 0. The van der Waals surface area contributed by atoms with Crippen LogP contribution in [0.25, 0.3) is 0 Å². The number of aliphatic carboxylic acids is 1. The van der Waals surface area contributed by atoms with Crippen molar-refractivity contribution in [2.45, 2.75) is 32.1 Å². The first-order valence-corrected chi connectivity index (χ1v) is 7.63. The lowest BCUT2D eigenvalue weighted by Gasteiger charge is -2.34. The maximum absolute atomic E-state index is 12.4. The second kappa shape index (κ2) is 6.45. The number of hydrogen-bond donors (Lipinski definition) is 1. The van der Waals surface area contributed by atoms with Crippen LogP contribution >= 0.6 is 0 Å². The molecule has 2 unspecified atom stereocenters. The van der Waals surface area contributed by atoms with Crippen LogP contribution in [0.1, 0.15) is 32.1 Å². The Kier molecular flexibility index (Phi) is 4.85. The fourth-order valence-electron chi connectivity index (χ4n) is 3.40. The highest BCUT2D eigenvalue weighted by molar-refractivity contribution is 5.82. The molecule has 2 fully saturated rings. The number of carboxylic acid groups (broad SMARTS) is 1. The summed E-state index contributed by atoms with van der Waals surface area (Å²) in [7, 11) is 3.51. The highest BCUT2D eigenvalue weighted by atomic mass is 16.4. The van der Waals surface area contributed by atoms with E-state index in [0.29, 0.717) is 45.2 Å². The number of nitrogens with zero attached hydrogens (tertiary/aromatic N) is 2. The molecular formula is C15H24N2O4. The van der Waals surface area contributed by atoms with Crippen molar-refractivity contribution >= 4 is 17.8 Å². The predicted octanol–water partition coefficient (Wildman–Crippen LogP) is 0.814. The summed E-state index contributed by atoms with van der Waals surface area (Å²) in [4.78, 5) is 38.7. The number of likely N-dealkylation sites (tertiary alicyclic amines) is 1. The van der Waals surface area contributed by atoms with Crippen molar-refractivity contribution < 1.29 is 19.5 Å². The van der Waals surface area contributed by atoms with E-state index in [1.165, 1.54) is 0 Å². The van der Waals surface area contributed by atoms with Crippen LogP contribution < -0.4 is 0 Å². The van der Waals surface area contributed by atoms with Gasteiger partial charge in [0.05, 0.1) is 5.92 Å². The molecule has 0 spiro atoms. The summed E-state index contributed by atoms with van der Waals surface area (Å²) in [5.74, 6) is -1.08. The molecule has 0 aromatic rings. The van der Waals surface area contributed by atoms with Gasteiger partial charge in [0.15, 0.2) is 0 Å². The highest BCUT2D eigenvalue weighted by Crippen LogP contribution is 2.33. The fourth-order valence-corrected chi connectivity index (χ4v) is 3.40. The van der Waals surface area contributed by atoms with Gasteiger partial charge in [-0.1, -0.05) is 0 Å². The summed E-state index contributed by atoms with van der Waals surface area (Å²) in [6.45, 7) is 1.22. The van der Waals surface area contributed by atoms with Gasteiger partial charge in [-0.25, -0.2) is 0 Å². The zero-order valence-electron chi connectivity index (χ0n) is 12.7. The van der Waals surface area contributed by atoms with Gasteiger partial charge in [0, 0.05) is 39.0 Å². The van der Waals surface area contributed by atoms with Gasteiger partial charge in [-0.3, -0.25) is 14.4 Å². The molecule has 2 atom stereocenters. The molecule has 0 radical (unpaired) electrons. The lowest BCUT2D eigenvalue weighted by molar-refractivity contribution is -0.143. The number of amides is 2. The molecule has 118 valence electrons. The minimum absolute atomic E-state index is 0.0133. The fraction of sp³-hybridized carbons (Fsp3) is 0.800. The van der Waals surface area contributed by atoms with E-state index in [0.717, 1.165) is 0 Å². The third kappa shape index (κ3) is 3.54. The van der Waals surface area contributed by atoms with Crippen molar-refractivity contribution in [1.29, 1.82) is 0 Å². The van der Waals surface area contributed by atoms with E-state index in [1.807, 2.05) is 4.90 Å². The van der Waals surface area contributed by atoms with Crippen LogP contribution in [0.4, 0.5) is 0 Å². The van der Waals surface area contributed by atoms with Gasteiger partial charge < -0.3 is 14.9 Å². The molecule has 1 saturated carbocycles. The Labute approximate surface area is 125 Å². The van der Waals surface area contributed by atoms with Gasteiger partial charge in [0.1, 0.15) is 0 Å². The Hall–Kier alpha value is -1.59. The second-order valence-electron chi connectivity index (χ2n) is 6.38. The minimum atomic E-state index is -0.791. The van der Waals surface area contributed by atoms with Gasteiger partial charge in [-0.2, -0.15) is 0 Å². The number of rotatable bonds is 3. The van der Waals surface area contributed by atoms with Crippen LogP contribution in [0.3, 0.4) is 0 Å². The van der Waals surface area contributed by atoms with Crippen LogP contribution in [0.2, 0.25) is 0 Å². The largest absolute Gasteiger partial charge is 0.481 e. The second-order valence-corrected chi connectivity index (χ2v) is 6.38. The van der Waals surface area contributed by atoms with Crippen LogP contribution in [0.15, 0.2) is 0 Å². The van der Waals surface area contributed by atoms with Crippen LogP contribution in [0.5, 0.6) is 0 Å². The zero-order valence-corrected chi connectivity index (χ0v) is 12.7. The summed E-state index contributed by atoms with van der Waals surface area (Å²) >= 11 is 0. The summed E-state index contributed by atoms with van der Waals surface area (Å²) in [6.07, 6.45) is 3.15. The summed E-state index contributed by atoms with van der Waals surface area (Å²) in [5, 5.41) is 9.00. The molecule has 21 heavy (non-hydrogen) atoms. The van der Waals surface area contributed by atoms with Crippen molar-refractivity contribution in [2.24, 2.45) is 17.8 Å². The van der Waals surface area contributed by atoms with E-state index < -0.39 is 5.97 Å². The molecule has 2 aliphatic rings. The Bertz CT molecular complexity index is 427.